The molecule has 8 heteroatoms. The highest BCUT2D eigenvalue weighted by Crippen LogP contribution is 2.32. The third-order valence-electron chi connectivity index (χ3n) is 4.37. The van der Waals surface area contributed by atoms with Gasteiger partial charge >= 0.3 is 0 Å². The van der Waals surface area contributed by atoms with Gasteiger partial charge in [0.05, 0.1) is 16.3 Å². The molecule has 0 atom stereocenters. The van der Waals surface area contributed by atoms with Gasteiger partial charge in [0, 0.05) is 17.5 Å². The molecular formula is C19H17N3O3S2. The summed E-state index contributed by atoms with van der Waals surface area (Å²) in [5.74, 6) is -0.386. The average molecular weight is 399 g/mol. The standard InChI is InChI=1S/C19H17N3O3S2/c1-13-12-26-19(20-13)21-18(23)15-6-4-7-16(11-15)27(24,25)22-10-9-14-5-2-3-8-17(14)22/h2-8,11-12H,9-10H2,1H3,(H,20,21,23). The Morgan fingerprint density at radius 2 is 2.00 bits per heavy atom. The summed E-state index contributed by atoms with van der Waals surface area (Å²) in [5.41, 5.74) is 2.80. The van der Waals surface area contributed by atoms with Gasteiger partial charge in [-0.1, -0.05) is 24.3 Å². The van der Waals surface area contributed by atoms with Gasteiger partial charge in [0.1, 0.15) is 0 Å². The maximum Gasteiger partial charge on any atom is 0.264 e. The van der Waals surface area contributed by atoms with Gasteiger partial charge in [0.25, 0.3) is 15.9 Å². The van der Waals surface area contributed by atoms with Crippen LogP contribution in [-0.4, -0.2) is 25.9 Å². The van der Waals surface area contributed by atoms with E-state index in [1.54, 1.807) is 18.2 Å². The quantitative estimate of drug-likeness (QED) is 0.729. The van der Waals surface area contributed by atoms with Crippen molar-refractivity contribution in [3.05, 3.63) is 70.7 Å². The lowest BCUT2D eigenvalue weighted by atomic mass is 10.2. The number of carbonyl (C=O) groups is 1. The maximum atomic E-state index is 13.1. The van der Waals surface area contributed by atoms with Crippen molar-refractivity contribution in [3.8, 4) is 0 Å². The zero-order chi connectivity index (χ0) is 19.0. The van der Waals surface area contributed by atoms with Gasteiger partial charge in [-0.05, 0) is 43.2 Å². The first-order valence-electron chi connectivity index (χ1n) is 8.39. The smallest absolute Gasteiger partial charge is 0.264 e. The molecule has 0 saturated heterocycles. The molecule has 1 aromatic heterocycles. The Balaban J connectivity index is 1.63. The molecule has 2 aromatic carbocycles. The summed E-state index contributed by atoms with van der Waals surface area (Å²) in [5, 5.41) is 5.02. The van der Waals surface area contributed by atoms with Crippen molar-refractivity contribution in [2.75, 3.05) is 16.2 Å². The number of carbonyl (C=O) groups excluding carboxylic acids is 1. The highest BCUT2D eigenvalue weighted by Gasteiger charge is 2.30. The number of aryl methyl sites for hydroxylation is 1. The molecule has 0 radical (unpaired) electrons. The molecule has 1 aliphatic rings. The highest BCUT2D eigenvalue weighted by atomic mass is 32.2. The molecule has 27 heavy (non-hydrogen) atoms. The van der Waals surface area contributed by atoms with E-state index in [4.69, 9.17) is 0 Å². The summed E-state index contributed by atoms with van der Waals surface area (Å²) in [7, 11) is -3.74. The van der Waals surface area contributed by atoms with Crippen LogP contribution in [0.2, 0.25) is 0 Å². The zero-order valence-corrected chi connectivity index (χ0v) is 16.2. The Labute approximate surface area is 161 Å². The summed E-state index contributed by atoms with van der Waals surface area (Å²) in [6.07, 6.45) is 0.680. The minimum Gasteiger partial charge on any atom is -0.298 e. The number of rotatable bonds is 4. The minimum atomic E-state index is -3.74. The SMILES string of the molecule is Cc1csc(NC(=O)c2cccc(S(=O)(=O)N3CCc4ccccc43)c2)n1. The van der Waals surface area contributed by atoms with Gasteiger partial charge in [-0.25, -0.2) is 13.4 Å². The Morgan fingerprint density at radius 3 is 2.78 bits per heavy atom. The number of hydrogen-bond acceptors (Lipinski definition) is 5. The van der Waals surface area contributed by atoms with E-state index in [1.807, 2.05) is 30.5 Å². The van der Waals surface area contributed by atoms with Crippen LogP contribution in [-0.2, 0) is 16.4 Å². The third kappa shape index (κ3) is 3.33. The van der Waals surface area contributed by atoms with E-state index in [0.29, 0.717) is 23.8 Å². The van der Waals surface area contributed by atoms with Crippen molar-refractivity contribution in [2.45, 2.75) is 18.2 Å². The second-order valence-corrected chi connectivity index (χ2v) is 8.95. The number of nitrogens with zero attached hydrogens (tertiary/aromatic N) is 2. The number of fused-ring (bicyclic) bond motifs is 1. The fraction of sp³-hybridized carbons (Fsp3) is 0.158. The van der Waals surface area contributed by atoms with Crippen molar-refractivity contribution in [1.82, 2.24) is 4.98 Å². The average Bonchev–Trinajstić information content (AvgIpc) is 3.28. The second kappa shape index (κ2) is 6.79. The number of benzene rings is 2. The topological polar surface area (TPSA) is 79.4 Å². The van der Waals surface area contributed by atoms with E-state index in [1.165, 1.54) is 27.8 Å². The van der Waals surface area contributed by atoms with Gasteiger partial charge < -0.3 is 0 Å². The van der Waals surface area contributed by atoms with E-state index in [0.717, 1.165) is 11.3 Å². The predicted molar refractivity (Wildman–Crippen MR) is 106 cm³/mol. The summed E-state index contributed by atoms with van der Waals surface area (Å²) in [4.78, 5) is 16.8. The van der Waals surface area contributed by atoms with Crippen molar-refractivity contribution in [2.24, 2.45) is 0 Å². The second-order valence-electron chi connectivity index (χ2n) is 6.23. The normalized spacial score (nSPS) is 13.4. The number of nitrogens with one attached hydrogen (secondary N) is 1. The van der Waals surface area contributed by atoms with E-state index >= 15 is 0 Å². The van der Waals surface area contributed by atoms with Gasteiger partial charge in [0.2, 0.25) is 0 Å². The van der Waals surface area contributed by atoms with Crippen LogP contribution in [0.1, 0.15) is 21.6 Å². The lowest BCUT2D eigenvalue weighted by Crippen LogP contribution is -2.29. The van der Waals surface area contributed by atoms with Crippen LogP contribution in [0.4, 0.5) is 10.8 Å². The summed E-state index contributed by atoms with van der Waals surface area (Å²) in [6.45, 7) is 2.24. The summed E-state index contributed by atoms with van der Waals surface area (Å²) >= 11 is 1.33. The van der Waals surface area contributed by atoms with E-state index < -0.39 is 10.0 Å². The van der Waals surface area contributed by atoms with Crippen molar-refractivity contribution in [3.63, 3.8) is 0 Å². The predicted octanol–water partition coefficient (Wildman–Crippen LogP) is 3.46. The third-order valence-corrected chi connectivity index (χ3v) is 7.05. The van der Waals surface area contributed by atoms with Gasteiger partial charge in [-0.15, -0.1) is 11.3 Å². The molecule has 3 aromatic rings. The first kappa shape index (κ1) is 17.7. The molecule has 0 fully saturated rings. The van der Waals surface area contributed by atoms with Crippen molar-refractivity contribution < 1.29 is 13.2 Å². The van der Waals surface area contributed by atoms with Crippen LogP contribution in [0.15, 0.2) is 58.8 Å². The fourth-order valence-electron chi connectivity index (χ4n) is 3.06. The van der Waals surface area contributed by atoms with E-state index in [2.05, 4.69) is 10.3 Å². The molecule has 6 nitrogen and oxygen atoms in total. The lowest BCUT2D eigenvalue weighted by Gasteiger charge is -2.19. The first-order chi connectivity index (χ1) is 12.9. The number of hydrogen-bond donors (Lipinski definition) is 1. The van der Waals surface area contributed by atoms with Crippen LogP contribution in [0.25, 0.3) is 0 Å². The lowest BCUT2D eigenvalue weighted by molar-refractivity contribution is 0.102. The minimum absolute atomic E-state index is 0.0992. The number of para-hydroxylation sites is 1. The molecular weight excluding hydrogens is 382 g/mol. The Hall–Kier alpha value is -2.71. The first-order valence-corrected chi connectivity index (χ1v) is 10.7. The van der Waals surface area contributed by atoms with Crippen LogP contribution in [0, 0.1) is 6.92 Å². The molecule has 138 valence electrons. The molecule has 0 bridgehead atoms. The number of anilines is 2. The molecule has 0 aliphatic carbocycles. The molecule has 4 rings (SSSR count). The molecule has 1 amide bonds. The van der Waals surface area contributed by atoms with Gasteiger partial charge in [-0.3, -0.25) is 14.4 Å². The molecule has 0 spiro atoms. The molecule has 0 unspecified atom stereocenters. The van der Waals surface area contributed by atoms with Crippen LogP contribution >= 0.6 is 11.3 Å². The number of sulfonamides is 1. The van der Waals surface area contributed by atoms with Crippen LogP contribution in [0.3, 0.4) is 0 Å². The van der Waals surface area contributed by atoms with Crippen molar-refractivity contribution in [1.29, 1.82) is 0 Å². The van der Waals surface area contributed by atoms with Gasteiger partial charge in [0.15, 0.2) is 5.13 Å². The highest BCUT2D eigenvalue weighted by molar-refractivity contribution is 7.92. The van der Waals surface area contributed by atoms with E-state index in [-0.39, 0.29) is 16.4 Å². The molecule has 1 aliphatic heterocycles. The van der Waals surface area contributed by atoms with Crippen LogP contribution in [0.5, 0.6) is 0 Å². The fourth-order valence-corrected chi connectivity index (χ4v) is 5.30. The Morgan fingerprint density at radius 1 is 1.19 bits per heavy atom. The molecule has 1 N–H and O–H groups in total. The Bertz CT molecular complexity index is 1120. The maximum absolute atomic E-state index is 13.1. The number of amides is 1. The summed E-state index contributed by atoms with van der Waals surface area (Å²) < 4.78 is 27.6. The number of thiazole rings is 1. The Kier molecular flexibility index (Phi) is 4.45. The van der Waals surface area contributed by atoms with Crippen LogP contribution < -0.4 is 9.62 Å². The molecule has 0 saturated carbocycles. The van der Waals surface area contributed by atoms with E-state index in [9.17, 15) is 13.2 Å². The summed E-state index contributed by atoms with van der Waals surface area (Å²) in [6, 6.07) is 13.6. The van der Waals surface area contributed by atoms with Crippen molar-refractivity contribution >= 4 is 38.1 Å². The number of aromatic nitrogens is 1. The monoisotopic (exact) mass is 399 g/mol. The van der Waals surface area contributed by atoms with Gasteiger partial charge in [-0.2, -0.15) is 0 Å². The largest absolute Gasteiger partial charge is 0.298 e. The molecule has 2 heterocycles. The zero-order valence-electron chi connectivity index (χ0n) is 14.5.